The van der Waals surface area contributed by atoms with Crippen molar-refractivity contribution < 1.29 is 14.3 Å². The van der Waals surface area contributed by atoms with Crippen molar-refractivity contribution in [3.8, 4) is 5.75 Å². The molecule has 0 aliphatic carbocycles. The molecule has 0 spiro atoms. The Labute approximate surface area is 119 Å². The number of thiophene rings is 1. The Morgan fingerprint density at radius 1 is 1.30 bits per heavy atom. The molecule has 1 aromatic heterocycles. The van der Waals surface area contributed by atoms with Crippen molar-refractivity contribution in [2.75, 3.05) is 17.7 Å². The van der Waals surface area contributed by atoms with Gasteiger partial charge in [-0.2, -0.15) is 0 Å². The topological polar surface area (TPSA) is 107 Å². The highest BCUT2D eigenvalue weighted by Crippen LogP contribution is 2.22. The molecule has 7 heteroatoms. The number of ether oxygens (including phenoxy) is 1. The number of benzene rings is 1. The lowest BCUT2D eigenvalue weighted by Gasteiger charge is -2.07. The molecule has 20 heavy (non-hydrogen) atoms. The lowest BCUT2D eigenvalue weighted by molar-refractivity contribution is -0.118. The number of anilines is 2. The lowest BCUT2D eigenvalue weighted by Crippen LogP contribution is -2.21. The van der Waals surface area contributed by atoms with E-state index in [2.05, 4.69) is 5.32 Å². The maximum Gasteiger partial charge on any atom is 0.262 e. The summed E-state index contributed by atoms with van der Waals surface area (Å²) in [7, 11) is 0. The van der Waals surface area contributed by atoms with Gasteiger partial charge in [-0.3, -0.25) is 9.59 Å². The Balaban J connectivity index is 1.93. The largest absolute Gasteiger partial charge is 0.484 e. The SMILES string of the molecule is NC(=O)c1ccsc1NC(=O)COc1cccc(N)c1. The van der Waals surface area contributed by atoms with Crippen LogP contribution in [-0.4, -0.2) is 18.4 Å². The minimum atomic E-state index is -0.585. The number of nitrogen functional groups attached to an aromatic ring is 1. The molecule has 0 saturated carbocycles. The van der Waals surface area contributed by atoms with Crippen LogP contribution in [0.25, 0.3) is 0 Å². The van der Waals surface area contributed by atoms with Crippen LogP contribution in [0.15, 0.2) is 35.7 Å². The van der Waals surface area contributed by atoms with Crippen molar-refractivity contribution in [3.05, 3.63) is 41.3 Å². The van der Waals surface area contributed by atoms with Crippen LogP contribution in [0.2, 0.25) is 0 Å². The third-order valence-electron chi connectivity index (χ3n) is 2.41. The second kappa shape index (κ2) is 6.07. The number of rotatable bonds is 5. The zero-order valence-electron chi connectivity index (χ0n) is 10.5. The maximum absolute atomic E-state index is 11.7. The first-order valence-corrected chi connectivity index (χ1v) is 6.59. The van der Waals surface area contributed by atoms with Crippen molar-refractivity contribution in [1.82, 2.24) is 0 Å². The van der Waals surface area contributed by atoms with Crippen LogP contribution in [0.4, 0.5) is 10.7 Å². The molecule has 1 aromatic carbocycles. The van der Waals surface area contributed by atoms with E-state index in [4.69, 9.17) is 16.2 Å². The van der Waals surface area contributed by atoms with Gasteiger partial charge in [0, 0.05) is 11.8 Å². The van der Waals surface area contributed by atoms with Gasteiger partial charge in [0.05, 0.1) is 5.56 Å². The monoisotopic (exact) mass is 291 g/mol. The lowest BCUT2D eigenvalue weighted by atomic mass is 10.3. The van der Waals surface area contributed by atoms with E-state index in [-0.39, 0.29) is 18.1 Å². The first-order chi connectivity index (χ1) is 9.56. The molecule has 5 N–H and O–H groups in total. The Morgan fingerprint density at radius 2 is 2.10 bits per heavy atom. The van der Waals surface area contributed by atoms with Crippen molar-refractivity contribution in [2.45, 2.75) is 0 Å². The number of nitrogens with one attached hydrogen (secondary N) is 1. The number of carbonyl (C=O) groups excluding carboxylic acids is 2. The van der Waals surface area contributed by atoms with Gasteiger partial charge in [0.25, 0.3) is 11.8 Å². The zero-order valence-corrected chi connectivity index (χ0v) is 11.3. The summed E-state index contributed by atoms with van der Waals surface area (Å²) in [5.41, 5.74) is 11.6. The Bertz CT molecular complexity index is 639. The molecule has 0 atom stereocenters. The highest BCUT2D eigenvalue weighted by atomic mass is 32.1. The molecule has 0 radical (unpaired) electrons. The van der Waals surface area contributed by atoms with Crippen molar-refractivity contribution in [3.63, 3.8) is 0 Å². The van der Waals surface area contributed by atoms with Crippen molar-refractivity contribution >= 4 is 33.8 Å². The molecule has 1 heterocycles. The number of nitrogens with two attached hydrogens (primary N) is 2. The first kappa shape index (κ1) is 13.9. The molecule has 0 aliphatic heterocycles. The average molecular weight is 291 g/mol. The van der Waals surface area contributed by atoms with Gasteiger partial charge in [0.15, 0.2) is 6.61 Å². The van der Waals surface area contributed by atoms with E-state index in [1.54, 1.807) is 35.7 Å². The minimum Gasteiger partial charge on any atom is -0.484 e. The van der Waals surface area contributed by atoms with Gasteiger partial charge in [-0.15, -0.1) is 11.3 Å². The molecule has 2 rings (SSSR count). The standard InChI is InChI=1S/C13H13N3O3S/c14-8-2-1-3-9(6-8)19-7-11(17)16-13-10(12(15)18)4-5-20-13/h1-6H,7,14H2,(H2,15,18)(H,16,17). The molecule has 0 unspecified atom stereocenters. The van der Waals surface area contributed by atoms with Crippen molar-refractivity contribution in [1.29, 1.82) is 0 Å². The van der Waals surface area contributed by atoms with Gasteiger partial charge >= 0.3 is 0 Å². The summed E-state index contributed by atoms with van der Waals surface area (Å²) in [6, 6.07) is 8.32. The molecule has 104 valence electrons. The fourth-order valence-corrected chi connectivity index (χ4v) is 2.32. The molecule has 2 amide bonds. The van der Waals surface area contributed by atoms with Crippen LogP contribution in [-0.2, 0) is 4.79 Å². The van der Waals surface area contributed by atoms with E-state index in [1.807, 2.05) is 0 Å². The van der Waals surface area contributed by atoms with Gasteiger partial charge in [-0.05, 0) is 23.6 Å². The first-order valence-electron chi connectivity index (χ1n) is 5.72. The number of carbonyl (C=O) groups is 2. The molecule has 0 saturated heterocycles. The summed E-state index contributed by atoms with van der Waals surface area (Å²) in [5, 5.41) is 4.67. The fraction of sp³-hybridized carbons (Fsp3) is 0.0769. The summed E-state index contributed by atoms with van der Waals surface area (Å²) in [5.74, 6) is -0.461. The van der Waals surface area contributed by atoms with Crippen LogP contribution in [0, 0.1) is 0 Å². The maximum atomic E-state index is 11.7. The smallest absolute Gasteiger partial charge is 0.262 e. The second-order valence-corrected chi connectivity index (χ2v) is 4.85. The molecule has 0 fully saturated rings. The van der Waals surface area contributed by atoms with Crippen LogP contribution in [0.5, 0.6) is 5.75 Å². The molecule has 2 aromatic rings. The van der Waals surface area contributed by atoms with E-state index in [0.717, 1.165) is 0 Å². The van der Waals surface area contributed by atoms with Crippen molar-refractivity contribution in [2.24, 2.45) is 5.73 Å². The van der Waals surface area contributed by atoms with Gasteiger partial charge in [0.1, 0.15) is 10.8 Å². The normalized spacial score (nSPS) is 10.0. The van der Waals surface area contributed by atoms with Crippen LogP contribution >= 0.6 is 11.3 Å². The molecule has 0 aliphatic rings. The quantitative estimate of drug-likeness (QED) is 0.724. The van der Waals surface area contributed by atoms with Gasteiger partial charge < -0.3 is 21.5 Å². The van der Waals surface area contributed by atoms with Gasteiger partial charge in [0.2, 0.25) is 0 Å². The highest BCUT2D eigenvalue weighted by molar-refractivity contribution is 7.14. The minimum absolute atomic E-state index is 0.181. The Morgan fingerprint density at radius 3 is 2.80 bits per heavy atom. The third-order valence-corrected chi connectivity index (χ3v) is 3.24. The number of amides is 2. The summed E-state index contributed by atoms with van der Waals surface area (Å²) >= 11 is 1.22. The van der Waals surface area contributed by atoms with Crippen LogP contribution < -0.4 is 21.5 Å². The van der Waals surface area contributed by atoms with E-state index in [1.165, 1.54) is 11.3 Å². The van der Waals surface area contributed by atoms with Gasteiger partial charge in [-0.1, -0.05) is 6.07 Å². The summed E-state index contributed by atoms with van der Waals surface area (Å²) < 4.78 is 5.29. The number of hydrogen-bond acceptors (Lipinski definition) is 5. The highest BCUT2D eigenvalue weighted by Gasteiger charge is 2.12. The third kappa shape index (κ3) is 3.48. The summed E-state index contributed by atoms with van der Waals surface area (Å²) in [4.78, 5) is 22.8. The predicted octanol–water partition coefficient (Wildman–Crippen LogP) is 1.45. The Kier molecular flexibility index (Phi) is 4.21. The number of primary amides is 1. The summed E-state index contributed by atoms with van der Waals surface area (Å²) in [6.45, 7) is -0.181. The van der Waals surface area contributed by atoms with Gasteiger partial charge in [-0.25, -0.2) is 0 Å². The van der Waals surface area contributed by atoms with E-state index < -0.39 is 5.91 Å². The fourth-order valence-electron chi connectivity index (χ4n) is 1.52. The van der Waals surface area contributed by atoms with Crippen LogP contribution in [0.3, 0.4) is 0 Å². The molecule has 6 nitrogen and oxygen atoms in total. The Hall–Kier alpha value is -2.54. The predicted molar refractivity (Wildman–Crippen MR) is 77.8 cm³/mol. The molecular formula is C13H13N3O3S. The molecular weight excluding hydrogens is 278 g/mol. The summed E-state index contributed by atoms with van der Waals surface area (Å²) in [6.07, 6.45) is 0. The van der Waals surface area contributed by atoms with E-state index in [9.17, 15) is 9.59 Å². The second-order valence-electron chi connectivity index (χ2n) is 3.94. The van der Waals surface area contributed by atoms with E-state index >= 15 is 0 Å². The zero-order chi connectivity index (χ0) is 14.5. The number of hydrogen-bond donors (Lipinski definition) is 3. The average Bonchev–Trinajstić information content (AvgIpc) is 2.85. The van der Waals surface area contributed by atoms with Crippen LogP contribution in [0.1, 0.15) is 10.4 Å². The molecule has 0 bridgehead atoms. The van der Waals surface area contributed by atoms with E-state index in [0.29, 0.717) is 16.4 Å².